The molecule has 7 heteroatoms. The molecule has 0 aliphatic rings. The average Bonchev–Trinajstić information content (AvgIpc) is 3.22. The summed E-state index contributed by atoms with van der Waals surface area (Å²) in [5.41, 5.74) is 3.22. The SMILES string of the molecule is CCc1ccc(NC(=O)c2nnc(CN(CCO)CCc3ccccc3)s2)cc1. The van der Waals surface area contributed by atoms with E-state index in [4.69, 9.17) is 0 Å². The van der Waals surface area contributed by atoms with Gasteiger partial charge in [0, 0.05) is 18.8 Å². The maximum atomic E-state index is 12.4. The Morgan fingerprint density at radius 3 is 2.48 bits per heavy atom. The van der Waals surface area contributed by atoms with E-state index in [1.807, 2.05) is 42.5 Å². The number of benzene rings is 2. The van der Waals surface area contributed by atoms with Gasteiger partial charge in [-0.15, -0.1) is 10.2 Å². The third kappa shape index (κ3) is 6.45. The molecular formula is C22H26N4O2S. The lowest BCUT2D eigenvalue weighted by atomic mass is 10.1. The first-order valence-corrected chi connectivity index (χ1v) is 10.6. The Morgan fingerprint density at radius 1 is 1.03 bits per heavy atom. The van der Waals surface area contributed by atoms with Gasteiger partial charge in [-0.25, -0.2) is 0 Å². The van der Waals surface area contributed by atoms with Crippen LogP contribution in [0.2, 0.25) is 0 Å². The number of aryl methyl sites for hydroxylation is 1. The molecule has 1 heterocycles. The number of hydrogen-bond donors (Lipinski definition) is 2. The fraction of sp³-hybridized carbons (Fsp3) is 0.318. The van der Waals surface area contributed by atoms with Crippen LogP contribution >= 0.6 is 11.3 Å². The van der Waals surface area contributed by atoms with Crippen molar-refractivity contribution in [2.45, 2.75) is 26.3 Å². The normalized spacial score (nSPS) is 11.0. The van der Waals surface area contributed by atoms with Gasteiger partial charge in [0.05, 0.1) is 13.2 Å². The molecule has 0 unspecified atom stereocenters. The molecule has 0 fully saturated rings. The smallest absolute Gasteiger partial charge is 0.286 e. The zero-order chi connectivity index (χ0) is 20.5. The van der Waals surface area contributed by atoms with Crippen LogP contribution in [0.1, 0.15) is 32.9 Å². The summed E-state index contributed by atoms with van der Waals surface area (Å²) in [6.45, 7) is 4.09. The summed E-state index contributed by atoms with van der Waals surface area (Å²) in [7, 11) is 0. The molecule has 0 radical (unpaired) electrons. The predicted octanol–water partition coefficient (Wildman–Crippen LogP) is 3.39. The molecule has 2 aromatic carbocycles. The second-order valence-corrected chi connectivity index (χ2v) is 7.80. The quantitative estimate of drug-likeness (QED) is 0.536. The highest BCUT2D eigenvalue weighted by molar-refractivity contribution is 7.13. The van der Waals surface area contributed by atoms with E-state index in [9.17, 15) is 9.90 Å². The van der Waals surface area contributed by atoms with Crippen molar-refractivity contribution in [1.29, 1.82) is 0 Å². The first-order chi connectivity index (χ1) is 14.2. The topological polar surface area (TPSA) is 78.4 Å². The summed E-state index contributed by atoms with van der Waals surface area (Å²) in [4.78, 5) is 14.6. The molecule has 0 bridgehead atoms. The van der Waals surface area contributed by atoms with Gasteiger partial charge in [0.15, 0.2) is 0 Å². The fourth-order valence-corrected chi connectivity index (χ4v) is 3.73. The third-order valence-corrected chi connectivity index (χ3v) is 5.52. The number of aliphatic hydroxyl groups is 1. The van der Waals surface area contributed by atoms with Gasteiger partial charge in [0.25, 0.3) is 5.91 Å². The number of carbonyl (C=O) groups is 1. The molecule has 3 rings (SSSR count). The molecule has 1 amide bonds. The van der Waals surface area contributed by atoms with Crippen molar-refractivity contribution in [3.8, 4) is 0 Å². The second kappa shape index (κ2) is 10.8. The van der Waals surface area contributed by atoms with Crippen molar-refractivity contribution >= 4 is 22.9 Å². The van der Waals surface area contributed by atoms with E-state index in [1.54, 1.807) is 0 Å². The summed E-state index contributed by atoms with van der Waals surface area (Å²) in [6.07, 6.45) is 1.85. The Bertz CT molecular complexity index is 897. The number of carbonyl (C=O) groups excluding carboxylic acids is 1. The first-order valence-electron chi connectivity index (χ1n) is 9.77. The van der Waals surface area contributed by atoms with Crippen molar-refractivity contribution in [2.75, 3.05) is 25.0 Å². The van der Waals surface area contributed by atoms with Gasteiger partial charge < -0.3 is 10.4 Å². The Labute approximate surface area is 175 Å². The van der Waals surface area contributed by atoms with Gasteiger partial charge in [0.2, 0.25) is 5.01 Å². The van der Waals surface area contributed by atoms with Crippen molar-refractivity contribution in [1.82, 2.24) is 15.1 Å². The Kier molecular flexibility index (Phi) is 7.86. The van der Waals surface area contributed by atoms with Gasteiger partial charge in [-0.2, -0.15) is 0 Å². The highest BCUT2D eigenvalue weighted by Crippen LogP contribution is 2.16. The second-order valence-electron chi connectivity index (χ2n) is 6.74. The number of anilines is 1. The Balaban J connectivity index is 1.57. The number of aromatic nitrogens is 2. The maximum absolute atomic E-state index is 12.4. The van der Waals surface area contributed by atoms with Crippen LogP contribution in [0.3, 0.4) is 0 Å². The molecule has 0 aliphatic carbocycles. The van der Waals surface area contributed by atoms with Gasteiger partial charge in [-0.05, 0) is 36.1 Å². The van der Waals surface area contributed by atoms with Crippen LogP contribution in [-0.2, 0) is 19.4 Å². The summed E-state index contributed by atoms with van der Waals surface area (Å²) in [6, 6.07) is 18.0. The van der Waals surface area contributed by atoms with E-state index < -0.39 is 0 Å². The highest BCUT2D eigenvalue weighted by Gasteiger charge is 2.15. The lowest BCUT2D eigenvalue weighted by Crippen LogP contribution is -2.28. The van der Waals surface area contributed by atoms with Crippen molar-refractivity contribution in [2.24, 2.45) is 0 Å². The lowest BCUT2D eigenvalue weighted by molar-refractivity contribution is 0.102. The molecule has 29 heavy (non-hydrogen) atoms. The van der Waals surface area contributed by atoms with E-state index in [0.717, 1.165) is 30.1 Å². The van der Waals surface area contributed by atoms with Crippen molar-refractivity contribution in [3.05, 3.63) is 75.7 Å². The molecule has 0 aliphatic heterocycles. The van der Waals surface area contributed by atoms with Crippen LogP contribution in [0.4, 0.5) is 5.69 Å². The average molecular weight is 411 g/mol. The molecule has 152 valence electrons. The van der Waals surface area contributed by atoms with Crippen LogP contribution in [0, 0.1) is 0 Å². The standard InChI is InChI=1S/C22H26N4O2S/c1-2-17-8-10-19(11-9-17)23-21(28)22-25-24-20(29-22)16-26(14-15-27)13-12-18-6-4-3-5-7-18/h3-11,27H,2,12-16H2,1H3,(H,23,28). The summed E-state index contributed by atoms with van der Waals surface area (Å²) in [5.74, 6) is -0.254. The fourth-order valence-electron chi connectivity index (χ4n) is 2.95. The number of amides is 1. The minimum atomic E-state index is -0.254. The van der Waals surface area contributed by atoms with Crippen molar-refractivity contribution < 1.29 is 9.90 Å². The van der Waals surface area contributed by atoms with E-state index in [1.165, 1.54) is 22.5 Å². The van der Waals surface area contributed by atoms with Gasteiger partial charge >= 0.3 is 0 Å². The molecule has 0 saturated carbocycles. The number of hydrogen-bond acceptors (Lipinski definition) is 6. The summed E-state index contributed by atoms with van der Waals surface area (Å²) < 4.78 is 0. The van der Waals surface area contributed by atoms with E-state index in [2.05, 4.69) is 39.5 Å². The molecule has 1 aromatic heterocycles. The molecule has 0 saturated heterocycles. The lowest BCUT2D eigenvalue weighted by Gasteiger charge is -2.19. The van der Waals surface area contributed by atoms with E-state index in [-0.39, 0.29) is 12.5 Å². The number of aliphatic hydroxyl groups excluding tert-OH is 1. The number of rotatable bonds is 10. The molecule has 2 N–H and O–H groups in total. The van der Waals surface area contributed by atoms with Crippen LogP contribution in [0.25, 0.3) is 0 Å². The van der Waals surface area contributed by atoms with Gasteiger partial charge in [0.1, 0.15) is 5.01 Å². The largest absolute Gasteiger partial charge is 0.395 e. The summed E-state index contributed by atoms with van der Waals surface area (Å²) >= 11 is 1.29. The first kappa shape index (κ1) is 21.1. The molecule has 0 spiro atoms. The molecule has 3 aromatic rings. The summed E-state index contributed by atoms with van der Waals surface area (Å²) in [5, 5.41) is 21.5. The zero-order valence-electron chi connectivity index (χ0n) is 16.5. The van der Waals surface area contributed by atoms with Crippen LogP contribution < -0.4 is 5.32 Å². The Hall–Kier alpha value is -2.61. The predicted molar refractivity (Wildman–Crippen MR) is 116 cm³/mol. The van der Waals surface area contributed by atoms with Crippen molar-refractivity contribution in [3.63, 3.8) is 0 Å². The van der Waals surface area contributed by atoms with Gasteiger partial charge in [-0.3, -0.25) is 9.69 Å². The monoisotopic (exact) mass is 410 g/mol. The number of nitrogens with one attached hydrogen (secondary N) is 1. The van der Waals surface area contributed by atoms with E-state index in [0.29, 0.717) is 18.1 Å². The van der Waals surface area contributed by atoms with E-state index >= 15 is 0 Å². The van der Waals surface area contributed by atoms with Crippen LogP contribution in [0.5, 0.6) is 0 Å². The van der Waals surface area contributed by atoms with Crippen LogP contribution in [-0.4, -0.2) is 45.8 Å². The Morgan fingerprint density at radius 2 is 1.79 bits per heavy atom. The van der Waals surface area contributed by atoms with Crippen LogP contribution in [0.15, 0.2) is 54.6 Å². The maximum Gasteiger partial charge on any atom is 0.286 e. The van der Waals surface area contributed by atoms with Gasteiger partial charge in [-0.1, -0.05) is 60.7 Å². The number of nitrogens with zero attached hydrogens (tertiary/aromatic N) is 3. The minimum Gasteiger partial charge on any atom is -0.395 e. The molecular weight excluding hydrogens is 384 g/mol. The highest BCUT2D eigenvalue weighted by atomic mass is 32.1. The molecule has 6 nitrogen and oxygen atoms in total. The third-order valence-electron chi connectivity index (χ3n) is 4.62. The molecule has 0 atom stereocenters. The zero-order valence-corrected chi connectivity index (χ0v) is 17.4. The minimum absolute atomic E-state index is 0.0781.